The van der Waals surface area contributed by atoms with Gasteiger partial charge in [-0.1, -0.05) is 5.21 Å². The first-order chi connectivity index (χ1) is 8.72. The van der Waals surface area contributed by atoms with Gasteiger partial charge in [-0.3, -0.25) is 0 Å². The van der Waals surface area contributed by atoms with E-state index in [-0.39, 0.29) is 0 Å². The minimum atomic E-state index is 0.792. The van der Waals surface area contributed by atoms with Crippen LogP contribution in [0.5, 0.6) is 0 Å². The number of aryl methyl sites for hydroxylation is 2. The van der Waals surface area contributed by atoms with Crippen LogP contribution < -0.4 is 0 Å². The molecule has 0 aromatic carbocycles. The minimum absolute atomic E-state index is 0.792. The Bertz CT molecular complexity index is 666. The van der Waals surface area contributed by atoms with E-state index in [1.807, 2.05) is 19.4 Å². The smallest absolute Gasteiger partial charge is 0.107 e. The van der Waals surface area contributed by atoms with Crippen molar-refractivity contribution in [2.24, 2.45) is 7.05 Å². The van der Waals surface area contributed by atoms with E-state index in [1.54, 1.807) is 33.6 Å². The average molecular weight is 277 g/mol. The molecule has 0 atom stereocenters. The highest BCUT2D eigenvalue weighted by Crippen LogP contribution is 2.22. The van der Waals surface area contributed by atoms with Crippen LogP contribution in [0.25, 0.3) is 11.4 Å². The molecule has 0 amide bonds. The largest absolute Gasteiger partial charge is 0.246 e. The second-order valence-electron chi connectivity index (χ2n) is 3.90. The molecule has 0 saturated carbocycles. The molecule has 0 aliphatic heterocycles. The van der Waals surface area contributed by atoms with Crippen molar-refractivity contribution in [2.75, 3.05) is 0 Å². The van der Waals surface area contributed by atoms with Crippen LogP contribution in [0.15, 0.2) is 17.0 Å². The van der Waals surface area contributed by atoms with E-state index in [4.69, 9.17) is 0 Å². The van der Waals surface area contributed by atoms with Crippen molar-refractivity contribution in [2.45, 2.75) is 13.3 Å². The summed E-state index contributed by atoms with van der Waals surface area (Å²) < 4.78 is 1.73. The van der Waals surface area contributed by atoms with Crippen molar-refractivity contribution in [3.8, 4) is 11.4 Å². The summed E-state index contributed by atoms with van der Waals surface area (Å²) in [5.74, 6) is 0. The summed E-state index contributed by atoms with van der Waals surface area (Å²) in [5, 5.41) is 14.1. The predicted molar refractivity (Wildman–Crippen MR) is 71.8 cm³/mol. The van der Waals surface area contributed by atoms with Crippen LogP contribution in [0.1, 0.15) is 15.7 Å². The third kappa shape index (κ3) is 2.19. The number of hydrogen-bond donors (Lipinski definition) is 0. The predicted octanol–water partition coefficient (Wildman–Crippen LogP) is 2.29. The van der Waals surface area contributed by atoms with E-state index in [2.05, 4.69) is 25.7 Å². The van der Waals surface area contributed by atoms with Crippen molar-refractivity contribution in [1.29, 1.82) is 0 Å². The van der Waals surface area contributed by atoms with Gasteiger partial charge in [0.05, 0.1) is 21.9 Å². The lowest BCUT2D eigenvalue weighted by Crippen LogP contribution is -1.94. The van der Waals surface area contributed by atoms with Gasteiger partial charge in [0.15, 0.2) is 0 Å². The summed E-state index contributed by atoms with van der Waals surface area (Å²) in [6.07, 6.45) is 2.52. The van der Waals surface area contributed by atoms with E-state index < -0.39 is 0 Å². The summed E-state index contributed by atoms with van der Waals surface area (Å²) >= 11 is 3.32. The molecule has 0 radical (unpaired) electrons. The maximum Gasteiger partial charge on any atom is 0.107 e. The van der Waals surface area contributed by atoms with Crippen LogP contribution in [0.3, 0.4) is 0 Å². The summed E-state index contributed by atoms with van der Waals surface area (Å²) in [6.45, 7) is 2.02. The minimum Gasteiger partial charge on any atom is -0.246 e. The lowest BCUT2D eigenvalue weighted by atomic mass is 10.3. The second-order valence-corrected chi connectivity index (χ2v) is 5.91. The van der Waals surface area contributed by atoms with Gasteiger partial charge in [-0.25, -0.2) is 14.6 Å². The molecule has 0 bridgehead atoms. The van der Waals surface area contributed by atoms with Gasteiger partial charge >= 0.3 is 0 Å². The van der Waals surface area contributed by atoms with Gasteiger partial charge in [0, 0.05) is 24.2 Å². The summed E-state index contributed by atoms with van der Waals surface area (Å²) in [5.41, 5.74) is 2.95. The van der Waals surface area contributed by atoms with Crippen LogP contribution in [0.4, 0.5) is 0 Å². The molecule has 0 spiro atoms. The van der Waals surface area contributed by atoms with Gasteiger partial charge in [-0.05, 0) is 6.92 Å². The molecule has 0 aliphatic carbocycles. The fourth-order valence-corrected chi connectivity index (χ4v) is 3.09. The van der Waals surface area contributed by atoms with Gasteiger partial charge in [0.2, 0.25) is 0 Å². The number of nitrogens with zero attached hydrogens (tertiary/aromatic N) is 5. The first-order valence-corrected chi connectivity index (χ1v) is 7.19. The van der Waals surface area contributed by atoms with Crippen LogP contribution in [-0.4, -0.2) is 25.0 Å². The first-order valence-electron chi connectivity index (χ1n) is 5.43. The Kier molecular flexibility index (Phi) is 2.92. The zero-order valence-electron chi connectivity index (χ0n) is 9.99. The molecule has 7 heteroatoms. The SMILES string of the molecule is Cc1nc(Cc2nc(-c3cnnn3C)cs2)cs1. The highest BCUT2D eigenvalue weighted by molar-refractivity contribution is 7.10. The third-order valence-corrected chi connectivity index (χ3v) is 4.20. The summed E-state index contributed by atoms with van der Waals surface area (Å²) in [6, 6.07) is 0. The molecule has 0 saturated heterocycles. The van der Waals surface area contributed by atoms with Gasteiger partial charge in [-0.2, -0.15) is 0 Å². The van der Waals surface area contributed by atoms with Crippen LogP contribution in [0, 0.1) is 6.92 Å². The lowest BCUT2D eigenvalue weighted by Gasteiger charge is -1.94. The Morgan fingerprint density at radius 3 is 2.78 bits per heavy atom. The fraction of sp³-hybridized carbons (Fsp3) is 0.273. The van der Waals surface area contributed by atoms with Gasteiger partial charge in [-0.15, -0.1) is 27.8 Å². The van der Waals surface area contributed by atoms with E-state index in [0.717, 1.165) is 33.5 Å². The quantitative estimate of drug-likeness (QED) is 0.737. The van der Waals surface area contributed by atoms with Gasteiger partial charge in [0.25, 0.3) is 0 Å². The Morgan fingerprint density at radius 2 is 2.11 bits per heavy atom. The summed E-state index contributed by atoms with van der Waals surface area (Å²) in [7, 11) is 1.87. The molecule has 3 rings (SSSR count). The van der Waals surface area contributed by atoms with Gasteiger partial charge < -0.3 is 0 Å². The normalized spacial score (nSPS) is 11.0. The van der Waals surface area contributed by atoms with Gasteiger partial charge in [0.1, 0.15) is 11.4 Å². The van der Waals surface area contributed by atoms with E-state index in [9.17, 15) is 0 Å². The Labute approximate surface area is 112 Å². The molecular formula is C11H11N5S2. The van der Waals surface area contributed by atoms with Crippen LogP contribution in [-0.2, 0) is 13.5 Å². The van der Waals surface area contributed by atoms with Crippen molar-refractivity contribution < 1.29 is 0 Å². The number of rotatable bonds is 3. The lowest BCUT2D eigenvalue weighted by molar-refractivity contribution is 0.719. The van der Waals surface area contributed by atoms with E-state index in [1.165, 1.54) is 0 Å². The third-order valence-electron chi connectivity index (χ3n) is 2.53. The van der Waals surface area contributed by atoms with E-state index in [0.29, 0.717) is 0 Å². The Balaban J connectivity index is 1.84. The molecule has 18 heavy (non-hydrogen) atoms. The van der Waals surface area contributed by atoms with Crippen LogP contribution >= 0.6 is 22.7 Å². The Morgan fingerprint density at radius 1 is 1.22 bits per heavy atom. The molecule has 3 aromatic heterocycles. The maximum atomic E-state index is 4.60. The van der Waals surface area contributed by atoms with Crippen molar-refractivity contribution in [1.82, 2.24) is 25.0 Å². The van der Waals surface area contributed by atoms with Crippen molar-refractivity contribution in [3.63, 3.8) is 0 Å². The topological polar surface area (TPSA) is 56.5 Å². The first kappa shape index (κ1) is 11.5. The molecule has 3 aromatic rings. The van der Waals surface area contributed by atoms with E-state index >= 15 is 0 Å². The summed E-state index contributed by atoms with van der Waals surface area (Å²) in [4.78, 5) is 9.05. The zero-order valence-corrected chi connectivity index (χ0v) is 11.6. The molecule has 0 unspecified atom stereocenters. The zero-order chi connectivity index (χ0) is 12.5. The van der Waals surface area contributed by atoms with Crippen LogP contribution in [0.2, 0.25) is 0 Å². The molecule has 0 aliphatic rings. The molecule has 5 nitrogen and oxygen atoms in total. The molecule has 0 fully saturated rings. The number of thiazole rings is 2. The average Bonchev–Trinajstić information content (AvgIpc) is 3.02. The highest BCUT2D eigenvalue weighted by Gasteiger charge is 2.10. The molecule has 0 N–H and O–H groups in total. The molecular weight excluding hydrogens is 266 g/mol. The fourth-order valence-electron chi connectivity index (χ4n) is 1.68. The van der Waals surface area contributed by atoms with Crippen molar-refractivity contribution >= 4 is 22.7 Å². The van der Waals surface area contributed by atoms with Crippen molar-refractivity contribution in [3.05, 3.63) is 32.7 Å². The number of hydrogen-bond acceptors (Lipinski definition) is 6. The highest BCUT2D eigenvalue weighted by atomic mass is 32.1. The molecule has 3 heterocycles. The Hall–Kier alpha value is -1.60. The monoisotopic (exact) mass is 277 g/mol. The second kappa shape index (κ2) is 4.58. The maximum absolute atomic E-state index is 4.60. The molecule has 92 valence electrons. The number of aromatic nitrogens is 5. The standard InChI is InChI=1S/C11H11N5S2/c1-7-13-8(5-17-7)3-11-14-9(6-18-11)10-4-12-15-16(10)2/h4-6H,3H2,1-2H3.